The van der Waals surface area contributed by atoms with E-state index in [2.05, 4.69) is 0 Å². The molecular formula is C12H16ClFN2O. The summed E-state index contributed by atoms with van der Waals surface area (Å²) < 4.78 is 13.5. The first-order valence-electron chi connectivity index (χ1n) is 5.23. The second-order valence-electron chi connectivity index (χ2n) is 4.16. The molecule has 17 heavy (non-hydrogen) atoms. The highest BCUT2D eigenvalue weighted by Gasteiger charge is 2.13. The predicted molar refractivity (Wildman–Crippen MR) is 66.4 cm³/mol. The summed E-state index contributed by atoms with van der Waals surface area (Å²) in [7, 11) is 5.13. The number of halogens is 2. The maximum absolute atomic E-state index is 13.5. The van der Waals surface area contributed by atoms with E-state index in [4.69, 9.17) is 11.6 Å². The van der Waals surface area contributed by atoms with Crippen molar-refractivity contribution in [3.05, 3.63) is 34.6 Å². The van der Waals surface area contributed by atoms with Crippen molar-refractivity contribution >= 4 is 17.5 Å². The molecule has 5 heteroatoms. The number of hydrogen-bond donors (Lipinski definition) is 0. The van der Waals surface area contributed by atoms with Gasteiger partial charge in [-0.25, -0.2) is 4.39 Å². The Morgan fingerprint density at radius 1 is 1.35 bits per heavy atom. The summed E-state index contributed by atoms with van der Waals surface area (Å²) in [5, 5.41) is 0.383. The summed E-state index contributed by atoms with van der Waals surface area (Å²) in [5.41, 5.74) is 0.420. The fourth-order valence-corrected chi connectivity index (χ4v) is 1.60. The minimum atomic E-state index is -0.346. The number of carbonyl (C=O) groups excluding carboxylic acids is 1. The molecule has 0 unspecified atom stereocenters. The highest BCUT2D eigenvalue weighted by atomic mass is 35.5. The van der Waals surface area contributed by atoms with Crippen LogP contribution in [-0.2, 0) is 11.3 Å². The third kappa shape index (κ3) is 3.98. The lowest BCUT2D eigenvalue weighted by Crippen LogP contribution is -2.34. The lowest BCUT2D eigenvalue weighted by Gasteiger charge is -2.19. The highest BCUT2D eigenvalue weighted by molar-refractivity contribution is 6.31. The first kappa shape index (κ1) is 13.9. The summed E-state index contributed by atoms with van der Waals surface area (Å²) in [6, 6.07) is 4.57. The van der Waals surface area contributed by atoms with Crippen LogP contribution in [0.4, 0.5) is 4.39 Å². The van der Waals surface area contributed by atoms with Gasteiger partial charge in [0.05, 0.1) is 6.54 Å². The number of carbonyl (C=O) groups is 1. The molecule has 0 N–H and O–H groups in total. The molecule has 0 atom stereocenters. The molecular weight excluding hydrogens is 243 g/mol. The lowest BCUT2D eigenvalue weighted by atomic mass is 10.2. The van der Waals surface area contributed by atoms with Crippen molar-refractivity contribution < 1.29 is 9.18 Å². The molecule has 0 radical (unpaired) electrons. The van der Waals surface area contributed by atoms with E-state index in [1.165, 1.54) is 11.0 Å². The van der Waals surface area contributed by atoms with Gasteiger partial charge in [0, 0.05) is 31.2 Å². The number of rotatable bonds is 4. The second kappa shape index (κ2) is 5.98. The molecule has 3 nitrogen and oxygen atoms in total. The van der Waals surface area contributed by atoms with Crippen LogP contribution in [0.5, 0.6) is 0 Å². The van der Waals surface area contributed by atoms with E-state index in [0.29, 0.717) is 17.1 Å². The summed E-state index contributed by atoms with van der Waals surface area (Å²) in [5.74, 6) is -0.374. The molecule has 1 rings (SSSR count). The standard InChI is InChI=1S/C12H16ClFN2O/c1-15(2)12(17)8-16(3)7-9-10(13)5-4-6-11(9)14/h4-6H,7-8H2,1-3H3. The van der Waals surface area contributed by atoms with E-state index in [0.717, 1.165) is 0 Å². The van der Waals surface area contributed by atoms with Gasteiger partial charge in [0.25, 0.3) is 0 Å². The molecule has 0 spiro atoms. The van der Waals surface area contributed by atoms with Crippen LogP contribution >= 0.6 is 11.6 Å². The Morgan fingerprint density at radius 3 is 2.53 bits per heavy atom. The fraction of sp³-hybridized carbons (Fsp3) is 0.417. The molecule has 1 amide bonds. The Labute approximate surface area is 106 Å². The average molecular weight is 259 g/mol. The van der Waals surface area contributed by atoms with Crippen LogP contribution in [-0.4, -0.2) is 43.4 Å². The van der Waals surface area contributed by atoms with Gasteiger partial charge < -0.3 is 4.90 Å². The van der Waals surface area contributed by atoms with Crippen LogP contribution in [0.2, 0.25) is 5.02 Å². The SMILES string of the molecule is CN(CC(=O)N(C)C)Cc1c(F)cccc1Cl. The smallest absolute Gasteiger partial charge is 0.236 e. The monoisotopic (exact) mass is 258 g/mol. The zero-order chi connectivity index (χ0) is 13.0. The third-order valence-corrected chi connectivity index (χ3v) is 2.75. The Bertz CT molecular complexity index is 389. The van der Waals surface area contributed by atoms with E-state index in [1.54, 1.807) is 38.2 Å². The van der Waals surface area contributed by atoms with E-state index in [9.17, 15) is 9.18 Å². The first-order valence-corrected chi connectivity index (χ1v) is 5.61. The van der Waals surface area contributed by atoms with Gasteiger partial charge in [-0.3, -0.25) is 9.69 Å². The Balaban J connectivity index is 2.68. The van der Waals surface area contributed by atoms with Gasteiger partial charge in [0.15, 0.2) is 0 Å². The molecule has 0 aliphatic heterocycles. The van der Waals surface area contributed by atoms with Gasteiger partial charge in [0.2, 0.25) is 5.91 Å². The minimum absolute atomic E-state index is 0.0278. The summed E-state index contributed by atoms with van der Waals surface area (Å²) >= 11 is 5.91. The summed E-state index contributed by atoms with van der Waals surface area (Å²) in [6.07, 6.45) is 0. The van der Waals surface area contributed by atoms with Gasteiger partial charge in [-0.15, -0.1) is 0 Å². The molecule has 0 saturated heterocycles. The topological polar surface area (TPSA) is 23.6 Å². The number of nitrogens with zero attached hydrogens (tertiary/aromatic N) is 2. The zero-order valence-corrected chi connectivity index (χ0v) is 11.0. The van der Waals surface area contributed by atoms with Crippen LogP contribution in [0.15, 0.2) is 18.2 Å². The van der Waals surface area contributed by atoms with Crippen LogP contribution < -0.4 is 0 Å². The maximum Gasteiger partial charge on any atom is 0.236 e. The van der Waals surface area contributed by atoms with E-state index in [-0.39, 0.29) is 18.3 Å². The molecule has 94 valence electrons. The lowest BCUT2D eigenvalue weighted by molar-refractivity contribution is -0.129. The molecule has 0 aliphatic carbocycles. The minimum Gasteiger partial charge on any atom is -0.348 e. The average Bonchev–Trinajstić information content (AvgIpc) is 2.23. The Hall–Kier alpha value is -1.13. The molecule has 1 aromatic rings. The van der Waals surface area contributed by atoms with Crippen molar-refractivity contribution in [3.63, 3.8) is 0 Å². The third-order valence-electron chi connectivity index (χ3n) is 2.39. The number of amides is 1. The molecule has 1 aromatic carbocycles. The van der Waals surface area contributed by atoms with Gasteiger partial charge in [-0.05, 0) is 19.2 Å². The van der Waals surface area contributed by atoms with Gasteiger partial charge in [0.1, 0.15) is 5.82 Å². The van der Waals surface area contributed by atoms with Crippen LogP contribution in [0.1, 0.15) is 5.56 Å². The fourth-order valence-electron chi connectivity index (χ4n) is 1.38. The molecule has 0 saturated carbocycles. The van der Waals surface area contributed by atoms with Gasteiger partial charge in [-0.1, -0.05) is 17.7 Å². The van der Waals surface area contributed by atoms with Gasteiger partial charge in [-0.2, -0.15) is 0 Å². The zero-order valence-electron chi connectivity index (χ0n) is 10.2. The van der Waals surface area contributed by atoms with Crippen molar-refractivity contribution in [2.24, 2.45) is 0 Å². The van der Waals surface area contributed by atoms with Crippen molar-refractivity contribution in [2.75, 3.05) is 27.7 Å². The van der Waals surface area contributed by atoms with E-state index >= 15 is 0 Å². The second-order valence-corrected chi connectivity index (χ2v) is 4.57. The number of benzene rings is 1. The van der Waals surface area contributed by atoms with Crippen LogP contribution in [0.3, 0.4) is 0 Å². The molecule has 0 heterocycles. The van der Waals surface area contributed by atoms with Crippen molar-refractivity contribution in [1.82, 2.24) is 9.80 Å². The quantitative estimate of drug-likeness (QED) is 0.825. The molecule has 0 fully saturated rings. The maximum atomic E-state index is 13.5. The molecule has 0 bridgehead atoms. The normalized spacial score (nSPS) is 10.7. The highest BCUT2D eigenvalue weighted by Crippen LogP contribution is 2.20. The summed E-state index contributed by atoms with van der Waals surface area (Å²) in [4.78, 5) is 14.7. The summed E-state index contributed by atoms with van der Waals surface area (Å²) in [6.45, 7) is 0.544. The number of hydrogen-bond acceptors (Lipinski definition) is 2. The van der Waals surface area contributed by atoms with Crippen LogP contribution in [0, 0.1) is 5.82 Å². The molecule has 0 aromatic heterocycles. The largest absolute Gasteiger partial charge is 0.348 e. The van der Waals surface area contributed by atoms with Crippen LogP contribution in [0.25, 0.3) is 0 Å². The van der Waals surface area contributed by atoms with Crippen molar-refractivity contribution in [2.45, 2.75) is 6.54 Å². The first-order chi connectivity index (χ1) is 7.91. The van der Waals surface area contributed by atoms with E-state index in [1.807, 2.05) is 0 Å². The predicted octanol–water partition coefficient (Wildman–Crippen LogP) is 2.00. The number of likely N-dealkylation sites (N-methyl/N-ethyl adjacent to an activating group) is 2. The Morgan fingerprint density at radius 2 is 2.00 bits per heavy atom. The van der Waals surface area contributed by atoms with Crippen molar-refractivity contribution in [3.8, 4) is 0 Å². The van der Waals surface area contributed by atoms with Gasteiger partial charge >= 0.3 is 0 Å². The Kier molecular flexibility index (Phi) is 4.90. The van der Waals surface area contributed by atoms with Crippen molar-refractivity contribution in [1.29, 1.82) is 0 Å². The molecule has 0 aliphatic rings. The van der Waals surface area contributed by atoms with E-state index < -0.39 is 0 Å².